The fourth-order valence-corrected chi connectivity index (χ4v) is 8.55. The van der Waals surface area contributed by atoms with E-state index in [4.69, 9.17) is 14.7 Å². The van der Waals surface area contributed by atoms with Crippen LogP contribution in [0.15, 0.2) is 78.0 Å². The molecule has 11 nitrogen and oxygen atoms in total. The van der Waals surface area contributed by atoms with Gasteiger partial charge in [0.1, 0.15) is 5.52 Å². The quantitative estimate of drug-likeness (QED) is 0.218. The van der Waals surface area contributed by atoms with Gasteiger partial charge in [-0.15, -0.1) is 0 Å². The SMILES string of the molecule is Cc1ccc(S(=O)(=O)n2cc(-c3ccc(C(=O)N(C)C[C@@H](C)O)cc3)c3nc(-c4cc(C)c5c(c4)CN(CCN4CCOCC4)CC5)cnc32)cc1. The maximum absolute atomic E-state index is 14.1. The third-order valence-corrected chi connectivity index (χ3v) is 11.8. The molecular formula is C40H46N6O5S. The van der Waals surface area contributed by atoms with Crippen molar-refractivity contribution in [1.82, 2.24) is 28.6 Å². The largest absolute Gasteiger partial charge is 0.392 e. The Bertz CT molecular complexity index is 2190. The number of hydrogen-bond donors (Lipinski definition) is 1. The lowest BCUT2D eigenvalue weighted by molar-refractivity contribution is 0.0326. The van der Waals surface area contributed by atoms with Crippen molar-refractivity contribution in [3.63, 3.8) is 0 Å². The maximum atomic E-state index is 14.1. The minimum absolute atomic E-state index is 0.151. The lowest BCUT2D eigenvalue weighted by Crippen LogP contribution is -2.42. The number of aliphatic hydroxyl groups excluding tert-OH is 1. The molecule has 52 heavy (non-hydrogen) atoms. The van der Waals surface area contributed by atoms with Crippen LogP contribution in [0.4, 0.5) is 0 Å². The summed E-state index contributed by atoms with van der Waals surface area (Å²) < 4.78 is 34.9. The highest BCUT2D eigenvalue weighted by Gasteiger charge is 2.26. The molecule has 0 radical (unpaired) electrons. The van der Waals surface area contributed by atoms with E-state index in [1.807, 2.05) is 6.92 Å². The summed E-state index contributed by atoms with van der Waals surface area (Å²) in [7, 11) is -2.37. The van der Waals surface area contributed by atoms with E-state index in [0.717, 1.165) is 70.0 Å². The van der Waals surface area contributed by atoms with Crippen LogP contribution in [0.3, 0.4) is 0 Å². The number of carbonyl (C=O) groups is 1. The zero-order valence-corrected chi connectivity index (χ0v) is 31.1. The molecule has 0 unspecified atom stereocenters. The standard InChI is InChI=1S/C40H46N6O5S/c1-27-5-11-34(12-6-27)52(49,50)46-26-36(30-7-9-31(10-8-30)40(48)43(4)24-29(3)47)38-39(46)41-23-37(42-38)32-21-28(2)35-13-14-45(25-33(35)22-32)16-15-44-17-19-51-20-18-44/h5-12,21-23,26,29,47H,13-20,24-25H2,1-4H3/t29-/m1/s1. The first-order valence-corrected chi connectivity index (χ1v) is 19.3. The number of fused-ring (bicyclic) bond motifs is 2. The van der Waals surface area contributed by atoms with Gasteiger partial charge in [-0.2, -0.15) is 0 Å². The first-order chi connectivity index (χ1) is 25.0. The van der Waals surface area contributed by atoms with E-state index < -0.39 is 16.1 Å². The van der Waals surface area contributed by atoms with Gasteiger partial charge in [0, 0.05) is 75.7 Å². The minimum atomic E-state index is -4.02. The van der Waals surface area contributed by atoms with Crippen molar-refractivity contribution in [2.45, 2.75) is 44.7 Å². The van der Waals surface area contributed by atoms with Gasteiger partial charge in [-0.25, -0.2) is 22.4 Å². The summed E-state index contributed by atoms with van der Waals surface area (Å²) in [6, 6.07) is 18.1. The summed E-state index contributed by atoms with van der Waals surface area (Å²) >= 11 is 0. The number of aliphatic hydroxyl groups is 1. The van der Waals surface area contributed by atoms with Gasteiger partial charge in [-0.1, -0.05) is 29.8 Å². The van der Waals surface area contributed by atoms with Crippen LogP contribution in [0.2, 0.25) is 0 Å². The number of nitrogens with zero attached hydrogens (tertiary/aromatic N) is 6. The number of likely N-dealkylation sites (N-methyl/N-ethyl adjacent to an activating group) is 1. The van der Waals surface area contributed by atoms with Crippen LogP contribution in [0.25, 0.3) is 33.5 Å². The van der Waals surface area contributed by atoms with E-state index in [1.165, 1.54) is 25.6 Å². The zero-order chi connectivity index (χ0) is 36.6. The molecule has 0 bridgehead atoms. The lowest BCUT2D eigenvalue weighted by Gasteiger charge is -2.33. The molecule has 0 aliphatic carbocycles. The molecule has 4 heterocycles. The molecule has 0 saturated carbocycles. The van der Waals surface area contributed by atoms with Crippen molar-refractivity contribution in [3.8, 4) is 22.4 Å². The molecule has 1 fully saturated rings. The highest BCUT2D eigenvalue weighted by Crippen LogP contribution is 2.34. The summed E-state index contributed by atoms with van der Waals surface area (Å²) in [5.41, 5.74) is 8.82. The number of amides is 1. The molecule has 5 aromatic rings. The molecule has 0 spiro atoms. The smallest absolute Gasteiger partial charge is 0.269 e. The first-order valence-electron chi connectivity index (χ1n) is 17.9. The van der Waals surface area contributed by atoms with Crippen molar-refractivity contribution < 1.29 is 23.1 Å². The van der Waals surface area contributed by atoms with E-state index in [9.17, 15) is 18.3 Å². The van der Waals surface area contributed by atoms with Gasteiger partial charge in [-0.05, 0) is 85.8 Å². The van der Waals surface area contributed by atoms with Crippen LogP contribution in [0.1, 0.15) is 39.5 Å². The number of aryl methyl sites for hydroxylation is 2. The molecular weight excluding hydrogens is 677 g/mol. The van der Waals surface area contributed by atoms with E-state index >= 15 is 0 Å². The average molecular weight is 723 g/mol. The maximum Gasteiger partial charge on any atom is 0.269 e. The Morgan fingerprint density at radius 2 is 1.67 bits per heavy atom. The number of aromatic nitrogens is 3. The second-order valence-corrected chi connectivity index (χ2v) is 15.9. The second kappa shape index (κ2) is 14.9. The monoisotopic (exact) mass is 722 g/mol. The molecule has 2 aromatic heterocycles. The molecule has 3 aromatic carbocycles. The second-order valence-electron chi connectivity index (χ2n) is 14.1. The normalized spacial score (nSPS) is 16.2. The van der Waals surface area contributed by atoms with Crippen LogP contribution in [0.5, 0.6) is 0 Å². The molecule has 1 saturated heterocycles. The van der Waals surface area contributed by atoms with Crippen molar-refractivity contribution >= 4 is 27.1 Å². The molecule has 272 valence electrons. The molecule has 12 heteroatoms. The molecule has 2 aliphatic rings. The molecule has 1 atom stereocenters. The summed E-state index contributed by atoms with van der Waals surface area (Å²) in [6.45, 7) is 13.4. The number of rotatable bonds is 10. The van der Waals surface area contributed by atoms with Crippen LogP contribution >= 0.6 is 0 Å². The topological polar surface area (TPSA) is 121 Å². The average Bonchev–Trinajstić information content (AvgIpc) is 3.54. The Kier molecular flexibility index (Phi) is 10.3. The molecule has 2 aliphatic heterocycles. The highest BCUT2D eigenvalue weighted by atomic mass is 32.2. The Balaban J connectivity index is 1.26. The van der Waals surface area contributed by atoms with Crippen molar-refractivity contribution in [3.05, 3.63) is 101 Å². The third kappa shape index (κ3) is 7.39. The van der Waals surface area contributed by atoms with Gasteiger partial charge in [0.05, 0.1) is 36.1 Å². The van der Waals surface area contributed by atoms with Crippen molar-refractivity contribution in [1.29, 1.82) is 0 Å². The number of benzene rings is 3. The number of hydrogen-bond acceptors (Lipinski definition) is 9. The Morgan fingerprint density at radius 3 is 2.38 bits per heavy atom. The van der Waals surface area contributed by atoms with Crippen molar-refractivity contribution in [2.75, 3.05) is 59.5 Å². The van der Waals surface area contributed by atoms with Gasteiger partial charge >= 0.3 is 0 Å². The van der Waals surface area contributed by atoms with Gasteiger partial charge in [0.25, 0.3) is 15.9 Å². The van der Waals surface area contributed by atoms with Gasteiger partial charge in [0.2, 0.25) is 0 Å². The first kappa shape index (κ1) is 35.9. The lowest BCUT2D eigenvalue weighted by atomic mass is 9.92. The summed E-state index contributed by atoms with van der Waals surface area (Å²) in [4.78, 5) is 29.5. The van der Waals surface area contributed by atoms with E-state index in [-0.39, 0.29) is 23.0 Å². The van der Waals surface area contributed by atoms with Crippen LogP contribution in [-0.2, 0) is 27.7 Å². The summed E-state index contributed by atoms with van der Waals surface area (Å²) in [6.07, 6.45) is 3.57. The highest BCUT2D eigenvalue weighted by molar-refractivity contribution is 7.90. The summed E-state index contributed by atoms with van der Waals surface area (Å²) in [5, 5.41) is 9.77. The fraction of sp³-hybridized carbons (Fsp3) is 0.375. The predicted molar refractivity (Wildman–Crippen MR) is 202 cm³/mol. The van der Waals surface area contributed by atoms with Crippen LogP contribution in [0, 0.1) is 13.8 Å². The Hall–Kier alpha value is -4.46. The minimum Gasteiger partial charge on any atom is -0.392 e. The summed E-state index contributed by atoms with van der Waals surface area (Å²) in [5.74, 6) is -0.221. The Morgan fingerprint density at radius 1 is 0.962 bits per heavy atom. The Labute approximate surface area is 305 Å². The van der Waals surface area contributed by atoms with Crippen LogP contribution < -0.4 is 0 Å². The fourth-order valence-electron chi connectivity index (χ4n) is 7.24. The molecule has 1 amide bonds. The predicted octanol–water partition coefficient (Wildman–Crippen LogP) is 4.76. The van der Waals surface area contributed by atoms with Crippen molar-refractivity contribution in [2.24, 2.45) is 0 Å². The van der Waals surface area contributed by atoms with Gasteiger partial charge in [-0.3, -0.25) is 14.6 Å². The zero-order valence-electron chi connectivity index (χ0n) is 30.2. The van der Waals surface area contributed by atoms with E-state index in [2.05, 4.69) is 28.9 Å². The number of morpholine rings is 1. The molecule has 1 N–H and O–H groups in total. The molecule has 7 rings (SSSR count). The number of carbonyl (C=O) groups excluding carboxylic acids is 1. The van der Waals surface area contributed by atoms with Gasteiger partial charge < -0.3 is 14.7 Å². The van der Waals surface area contributed by atoms with E-state index in [0.29, 0.717) is 27.9 Å². The van der Waals surface area contributed by atoms with Gasteiger partial charge in [0.15, 0.2) is 5.65 Å². The number of ether oxygens (including phenoxy) is 1. The van der Waals surface area contributed by atoms with Crippen LogP contribution in [-0.4, -0.2) is 114 Å². The third-order valence-electron chi connectivity index (χ3n) is 10.1. The van der Waals surface area contributed by atoms with E-state index in [1.54, 1.807) is 74.9 Å².